The number of halogens is 4. The van der Waals surface area contributed by atoms with Crippen molar-refractivity contribution in [3.8, 4) is 16.9 Å². The zero-order chi connectivity index (χ0) is 22.2. The Morgan fingerprint density at radius 3 is 2.55 bits per heavy atom. The first-order chi connectivity index (χ1) is 14.7. The second kappa shape index (κ2) is 8.19. The summed E-state index contributed by atoms with van der Waals surface area (Å²) >= 11 is 6.32. The highest BCUT2D eigenvalue weighted by Gasteiger charge is 2.39. The molecule has 31 heavy (non-hydrogen) atoms. The fraction of sp³-hybridized carbons (Fsp3) is 0.350. The van der Waals surface area contributed by atoms with E-state index in [0.29, 0.717) is 17.9 Å². The van der Waals surface area contributed by atoms with E-state index in [2.05, 4.69) is 21.2 Å². The average molecular weight is 455 g/mol. The summed E-state index contributed by atoms with van der Waals surface area (Å²) in [6, 6.07) is 8.93. The molecule has 1 unspecified atom stereocenters. The molecule has 0 bridgehead atoms. The summed E-state index contributed by atoms with van der Waals surface area (Å²) in [5.74, 6) is -1.14. The molecule has 0 spiro atoms. The highest BCUT2D eigenvalue weighted by molar-refractivity contribution is 6.33. The lowest BCUT2D eigenvalue weighted by molar-refractivity contribution is -0.137. The van der Waals surface area contributed by atoms with Crippen molar-refractivity contribution in [1.29, 1.82) is 0 Å². The van der Waals surface area contributed by atoms with Gasteiger partial charge in [-0.05, 0) is 49.2 Å². The van der Waals surface area contributed by atoms with E-state index in [9.17, 15) is 13.2 Å². The molecule has 4 rings (SSSR count). The Kier molecular flexibility index (Phi) is 5.73. The maximum Gasteiger partial charge on any atom is 0.417 e. The van der Waals surface area contributed by atoms with Crippen LogP contribution in [0.5, 0.6) is 5.75 Å². The number of aliphatic imine (C=N–C) groups is 1. The van der Waals surface area contributed by atoms with E-state index in [1.165, 1.54) is 6.07 Å². The van der Waals surface area contributed by atoms with Crippen LogP contribution in [-0.2, 0) is 12.0 Å². The van der Waals surface area contributed by atoms with E-state index in [4.69, 9.17) is 27.8 Å². The monoisotopic (exact) mass is 454 g/mol. The number of nitrogens with two attached hydrogens (primary N) is 2. The molecule has 166 valence electrons. The molecular weight excluding hydrogens is 433 g/mol. The van der Waals surface area contributed by atoms with Gasteiger partial charge < -0.3 is 15.8 Å². The van der Waals surface area contributed by atoms with E-state index in [1.54, 1.807) is 24.3 Å². The van der Waals surface area contributed by atoms with Gasteiger partial charge in [-0.1, -0.05) is 23.7 Å². The van der Waals surface area contributed by atoms with Gasteiger partial charge in [0.2, 0.25) is 11.7 Å². The lowest BCUT2D eigenvalue weighted by Crippen LogP contribution is -2.50. The summed E-state index contributed by atoms with van der Waals surface area (Å²) in [7, 11) is 0. The van der Waals surface area contributed by atoms with Crippen molar-refractivity contribution in [3.05, 3.63) is 52.5 Å². The number of alkyl halides is 3. The van der Waals surface area contributed by atoms with Crippen LogP contribution in [0.1, 0.15) is 24.0 Å². The molecule has 7 nitrogen and oxygen atoms in total. The molecular formula is C20H22ClF3N6O. The standard InChI is InChI=1S/C20H22ClF3N6O/c21-16-9-12(20(26)28-18(25)29-30-20)8-15(19(22,23)24)17(16)11-3-5-14(6-4-11)31-10-13-2-1-7-27-13/h3-6,8-9,13,27,30H,1-2,7,10,26H2,(H3,25,28,29)/t13-,20?/m0/s1. The molecule has 0 saturated carbocycles. The smallest absolute Gasteiger partial charge is 0.417 e. The summed E-state index contributed by atoms with van der Waals surface area (Å²) in [6.45, 7) is 1.47. The van der Waals surface area contributed by atoms with Gasteiger partial charge in [0, 0.05) is 22.2 Å². The third-order valence-corrected chi connectivity index (χ3v) is 5.57. The minimum Gasteiger partial charge on any atom is -0.492 e. The number of nitrogens with one attached hydrogen (secondary N) is 3. The minimum absolute atomic E-state index is 0.0190. The Bertz CT molecular complexity index is 992. The van der Waals surface area contributed by atoms with Crippen molar-refractivity contribution in [2.45, 2.75) is 30.8 Å². The van der Waals surface area contributed by atoms with E-state index in [-0.39, 0.29) is 28.2 Å². The molecule has 2 aromatic rings. The number of nitrogens with zero attached hydrogens (tertiary/aromatic N) is 1. The summed E-state index contributed by atoms with van der Waals surface area (Å²) < 4.78 is 47.5. The molecule has 2 atom stereocenters. The number of hydrogen-bond acceptors (Lipinski definition) is 7. The van der Waals surface area contributed by atoms with Gasteiger partial charge in [0.1, 0.15) is 12.4 Å². The lowest BCUT2D eigenvalue weighted by Gasteiger charge is -2.24. The number of rotatable bonds is 5. The molecule has 11 heteroatoms. The van der Waals surface area contributed by atoms with Gasteiger partial charge in [0.05, 0.1) is 5.56 Å². The summed E-state index contributed by atoms with van der Waals surface area (Å²) in [4.78, 5) is 3.92. The number of hydrogen-bond donors (Lipinski definition) is 5. The largest absolute Gasteiger partial charge is 0.492 e. The van der Waals surface area contributed by atoms with Crippen LogP contribution in [0.25, 0.3) is 11.1 Å². The van der Waals surface area contributed by atoms with Gasteiger partial charge in [-0.15, -0.1) is 0 Å². The molecule has 2 aromatic carbocycles. The van der Waals surface area contributed by atoms with Gasteiger partial charge in [-0.25, -0.2) is 4.99 Å². The molecule has 0 amide bonds. The quantitative estimate of drug-likeness (QED) is 0.475. The highest BCUT2D eigenvalue weighted by Crippen LogP contribution is 2.43. The molecule has 0 radical (unpaired) electrons. The third-order valence-electron chi connectivity index (χ3n) is 5.27. The molecule has 7 N–H and O–H groups in total. The second-order valence-electron chi connectivity index (χ2n) is 7.52. The van der Waals surface area contributed by atoms with Crippen LogP contribution in [0.15, 0.2) is 41.4 Å². The first kappa shape index (κ1) is 21.7. The van der Waals surface area contributed by atoms with Crippen molar-refractivity contribution < 1.29 is 17.9 Å². The van der Waals surface area contributed by atoms with E-state index < -0.39 is 17.5 Å². The highest BCUT2D eigenvalue weighted by atomic mass is 35.5. The Labute approximate surface area is 182 Å². The fourth-order valence-corrected chi connectivity index (χ4v) is 4.03. The number of benzene rings is 2. The van der Waals surface area contributed by atoms with Crippen molar-refractivity contribution in [2.24, 2.45) is 16.5 Å². The van der Waals surface area contributed by atoms with E-state index in [0.717, 1.165) is 25.5 Å². The van der Waals surface area contributed by atoms with E-state index >= 15 is 0 Å². The van der Waals surface area contributed by atoms with Gasteiger partial charge in [0.15, 0.2) is 0 Å². The maximum atomic E-state index is 13.9. The van der Waals surface area contributed by atoms with Crippen molar-refractivity contribution in [1.82, 2.24) is 16.2 Å². The van der Waals surface area contributed by atoms with Crippen LogP contribution in [0.2, 0.25) is 5.02 Å². The number of hydrazine groups is 1. The lowest BCUT2D eigenvalue weighted by atomic mass is 9.95. The van der Waals surface area contributed by atoms with Gasteiger partial charge in [0.25, 0.3) is 0 Å². The van der Waals surface area contributed by atoms with Crippen LogP contribution in [0.3, 0.4) is 0 Å². The van der Waals surface area contributed by atoms with Crippen LogP contribution in [0, 0.1) is 0 Å². The molecule has 1 saturated heterocycles. The summed E-state index contributed by atoms with van der Waals surface area (Å²) in [5.41, 5.74) is 15.9. The third kappa shape index (κ3) is 4.57. The molecule has 0 aromatic heterocycles. The Hall–Kier alpha value is -2.53. The van der Waals surface area contributed by atoms with Gasteiger partial charge in [-0.3, -0.25) is 11.2 Å². The normalized spacial score (nSPS) is 23.5. The van der Waals surface area contributed by atoms with Crippen LogP contribution < -0.4 is 32.4 Å². The number of ether oxygens (including phenoxy) is 1. The zero-order valence-electron chi connectivity index (χ0n) is 16.4. The number of guanidine groups is 1. The predicted molar refractivity (Wildman–Crippen MR) is 112 cm³/mol. The molecule has 1 fully saturated rings. The minimum atomic E-state index is -4.67. The van der Waals surface area contributed by atoms with Gasteiger partial charge >= 0.3 is 6.18 Å². The SMILES string of the molecule is NC1=NC(N)(c2cc(Cl)c(-c3ccc(OC[C@@H]4CCCN4)cc3)c(C(F)(F)F)c2)NN1. The van der Waals surface area contributed by atoms with Crippen molar-refractivity contribution >= 4 is 17.6 Å². The van der Waals surface area contributed by atoms with Gasteiger partial charge in [-0.2, -0.15) is 18.6 Å². The van der Waals surface area contributed by atoms with Crippen LogP contribution in [-0.4, -0.2) is 25.2 Å². The second-order valence-corrected chi connectivity index (χ2v) is 7.93. The first-order valence-corrected chi connectivity index (χ1v) is 10.1. The Balaban J connectivity index is 1.65. The first-order valence-electron chi connectivity index (χ1n) is 9.71. The Morgan fingerprint density at radius 1 is 1.23 bits per heavy atom. The van der Waals surface area contributed by atoms with Crippen molar-refractivity contribution in [2.75, 3.05) is 13.2 Å². The Morgan fingerprint density at radius 2 is 1.97 bits per heavy atom. The average Bonchev–Trinajstić information content (AvgIpc) is 3.36. The fourth-order valence-electron chi connectivity index (χ4n) is 3.70. The van der Waals surface area contributed by atoms with Crippen LogP contribution >= 0.6 is 11.6 Å². The molecule has 0 aliphatic carbocycles. The zero-order valence-corrected chi connectivity index (χ0v) is 17.1. The summed E-state index contributed by atoms with van der Waals surface area (Å²) in [5, 5.41) is 3.22. The molecule has 2 aliphatic rings. The van der Waals surface area contributed by atoms with E-state index in [1.807, 2.05) is 0 Å². The molecule has 2 aliphatic heterocycles. The van der Waals surface area contributed by atoms with Crippen LogP contribution in [0.4, 0.5) is 13.2 Å². The maximum absolute atomic E-state index is 13.9. The van der Waals surface area contributed by atoms with Crippen molar-refractivity contribution in [3.63, 3.8) is 0 Å². The predicted octanol–water partition coefficient (Wildman–Crippen LogP) is 2.65. The topological polar surface area (TPSA) is 110 Å². The molecule has 2 heterocycles. The summed E-state index contributed by atoms with van der Waals surface area (Å²) in [6.07, 6.45) is -2.52.